The van der Waals surface area contributed by atoms with E-state index in [1.54, 1.807) is 6.08 Å². The zero-order chi connectivity index (χ0) is 23.5. The third-order valence-electron chi connectivity index (χ3n) is 7.59. The minimum Gasteiger partial charge on any atom is -0.356 e. The molecule has 2 saturated heterocycles. The quantitative estimate of drug-likeness (QED) is 0.639. The van der Waals surface area contributed by atoms with Gasteiger partial charge in [-0.1, -0.05) is 38.0 Å². The van der Waals surface area contributed by atoms with Gasteiger partial charge in [-0.15, -0.1) is 6.58 Å². The van der Waals surface area contributed by atoms with Crippen molar-refractivity contribution < 1.29 is 19.1 Å². The summed E-state index contributed by atoms with van der Waals surface area (Å²) in [6.07, 6.45) is 9.67. The number of hydrogen-bond donors (Lipinski definition) is 2. The van der Waals surface area contributed by atoms with Crippen LogP contribution in [0.4, 0.5) is 0 Å². The van der Waals surface area contributed by atoms with Crippen molar-refractivity contribution in [2.24, 2.45) is 17.8 Å². The highest BCUT2D eigenvalue weighted by Gasteiger charge is 2.76. The normalized spacial score (nSPS) is 40.3. The smallest absolute Gasteiger partial charge is 0.246 e. The molecule has 32 heavy (non-hydrogen) atoms. The maximum Gasteiger partial charge on any atom is 0.246 e. The van der Waals surface area contributed by atoms with Crippen LogP contribution in [0.5, 0.6) is 0 Å². The molecule has 1 spiro atoms. The van der Waals surface area contributed by atoms with E-state index in [0.717, 1.165) is 19.3 Å². The van der Waals surface area contributed by atoms with E-state index in [0.29, 0.717) is 5.92 Å². The van der Waals surface area contributed by atoms with Crippen molar-refractivity contribution in [3.05, 3.63) is 24.8 Å². The van der Waals surface area contributed by atoms with Gasteiger partial charge in [0.2, 0.25) is 17.7 Å². The van der Waals surface area contributed by atoms with E-state index in [4.69, 9.17) is 4.74 Å². The zero-order valence-electron chi connectivity index (χ0n) is 19.9. The van der Waals surface area contributed by atoms with Gasteiger partial charge < -0.3 is 20.3 Å². The van der Waals surface area contributed by atoms with Crippen LogP contribution in [-0.2, 0) is 19.1 Å². The first kappa shape index (κ1) is 23.0. The van der Waals surface area contributed by atoms with Crippen molar-refractivity contribution in [1.82, 2.24) is 15.5 Å². The number of amides is 3. The Bertz CT molecular complexity index is 862. The predicted molar refractivity (Wildman–Crippen MR) is 121 cm³/mol. The third kappa shape index (κ3) is 3.49. The number of hydrogen-bond acceptors (Lipinski definition) is 4. The van der Waals surface area contributed by atoms with Crippen LogP contribution >= 0.6 is 0 Å². The molecule has 4 rings (SSSR count). The molecule has 0 radical (unpaired) electrons. The molecule has 1 aliphatic carbocycles. The number of ether oxygens (including phenoxy) is 1. The molecule has 7 nitrogen and oxygen atoms in total. The maximum absolute atomic E-state index is 13.7. The molecule has 4 aliphatic rings. The van der Waals surface area contributed by atoms with Gasteiger partial charge in [-0.3, -0.25) is 14.4 Å². The SMILES string of the molecule is C=CCN1C(=O)C2C(C(=O)NC3CCCCC3C)C3(C)C=CC2(O3)C1C(=O)NC(C)(C)C. The molecule has 0 aromatic rings. The second-order valence-corrected chi connectivity index (χ2v) is 11.2. The summed E-state index contributed by atoms with van der Waals surface area (Å²) in [6, 6.07) is -0.735. The van der Waals surface area contributed by atoms with Crippen LogP contribution in [0.2, 0.25) is 0 Å². The van der Waals surface area contributed by atoms with E-state index in [-0.39, 0.29) is 30.3 Å². The third-order valence-corrected chi connectivity index (χ3v) is 7.59. The standard InChI is InChI=1S/C25H37N3O4/c1-7-14-28-19(21(30)27-23(3,4)5)25-13-12-24(6,32-25)17(18(25)22(28)31)20(29)26-16-11-9-8-10-15(16)2/h7,12-13,15-19H,1,8-11,14H2,2-6H3,(H,26,29)(H,27,30). The van der Waals surface area contributed by atoms with Crippen molar-refractivity contribution in [2.75, 3.05) is 6.54 Å². The average Bonchev–Trinajstić information content (AvgIpc) is 3.24. The number of nitrogens with one attached hydrogen (secondary N) is 2. The summed E-state index contributed by atoms with van der Waals surface area (Å²) >= 11 is 0. The fourth-order valence-electron chi connectivity index (χ4n) is 6.21. The Balaban J connectivity index is 1.68. The van der Waals surface area contributed by atoms with Gasteiger partial charge in [-0.25, -0.2) is 0 Å². The highest BCUT2D eigenvalue weighted by molar-refractivity contribution is 6.00. The summed E-state index contributed by atoms with van der Waals surface area (Å²) in [4.78, 5) is 42.2. The topological polar surface area (TPSA) is 87.7 Å². The predicted octanol–water partition coefficient (Wildman–Crippen LogP) is 2.32. The molecular weight excluding hydrogens is 406 g/mol. The molecule has 0 aromatic heterocycles. The minimum absolute atomic E-state index is 0.111. The van der Waals surface area contributed by atoms with Crippen LogP contribution in [0.15, 0.2) is 24.8 Å². The number of likely N-dealkylation sites (tertiary alicyclic amines) is 1. The zero-order valence-corrected chi connectivity index (χ0v) is 19.9. The second-order valence-electron chi connectivity index (χ2n) is 11.2. The van der Waals surface area contributed by atoms with Crippen LogP contribution in [0, 0.1) is 17.8 Å². The lowest BCUT2D eigenvalue weighted by Crippen LogP contribution is -2.58. The van der Waals surface area contributed by atoms with Crippen molar-refractivity contribution >= 4 is 17.7 Å². The second kappa shape index (κ2) is 7.72. The van der Waals surface area contributed by atoms with Gasteiger partial charge in [0.15, 0.2) is 0 Å². The van der Waals surface area contributed by atoms with Crippen LogP contribution in [-0.4, -0.2) is 58.0 Å². The molecule has 3 aliphatic heterocycles. The largest absolute Gasteiger partial charge is 0.356 e. The lowest BCUT2D eigenvalue weighted by atomic mass is 9.70. The molecule has 0 aromatic carbocycles. The van der Waals surface area contributed by atoms with E-state index in [2.05, 4.69) is 24.1 Å². The van der Waals surface area contributed by atoms with E-state index in [9.17, 15) is 14.4 Å². The van der Waals surface area contributed by atoms with E-state index in [1.807, 2.05) is 39.8 Å². The molecule has 3 fully saturated rings. The molecule has 7 unspecified atom stereocenters. The first-order chi connectivity index (χ1) is 14.9. The molecule has 7 atom stereocenters. The Kier molecular flexibility index (Phi) is 5.55. The highest BCUT2D eigenvalue weighted by atomic mass is 16.5. The molecule has 3 heterocycles. The molecule has 7 heteroatoms. The number of fused-ring (bicyclic) bond motifs is 1. The van der Waals surface area contributed by atoms with E-state index < -0.39 is 34.6 Å². The monoisotopic (exact) mass is 443 g/mol. The summed E-state index contributed by atoms with van der Waals surface area (Å²) in [7, 11) is 0. The Hall–Kier alpha value is -2.15. The minimum atomic E-state index is -1.15. The van der Waals surface area contributed by atoms with Crippen LogP contribution < -0.4 is 10.6 Å². The maximum atomic E-state index is 13.7. The summed E-state index contributed by atoms with van der Waals surface area (Å²) in [5.74, 6) is -1.63. The lowest BCUT2D eigenvalue weighted by Gasteiger charge is -2.34. The van der Waals surface area contributed by atoms with Gasteiger partial charge in [-0.05, 0) is 46.5 Å². The number of rotatable bonds is 5. The van der Waals surface area contributed by atoms with Gasteiger partial charge in [0.05, 0.1) is 17.4 Å². The first-order valence-corrected chi connectivity index (χ1v) is 11.9. The molecule has 1 saturated carbocycles. The molecule has 176 valence electrons. The van der Waals surface area contributed by atoms with Gasteiger partial charge in [0.25, 0.3) is 0 Å². The Morgan fingerprint density at radius 2 is 1.94 bits per heavy atom. The van der Waals surface area contributed by atoms with Crippen LogP contribution in [0.3, 0.4) is 0 Å². The van der Waals surface area contributed by atoms with Crippen LogP contribution in [0.25, 0.3) is 0 Å². The first-order valence-electron chi connectivity index (χ1n) is 11.9. The number of nitrogens with zero attached hydrogens (tertiary/aromatic N) is 1. The Morgan fingerprint density at radius 3 is 2.56 bits per heavy atom. The number of carbonyl (C=O) groups is 3. The van der Waals surface area contributed by atoms with Gasteiger partial charge in [0, 0.05) is 18.1 Å². The summed E-state index contributed by atoms with van der Waals surface area (Å²) in [5, 5.41) is 6.24. The summed E-state index contributed by atoms with van der Waals surface area (Å²) < 4.78 is 6.49. The summed E-state index contributed by atoms with van der Waals surface area (Å²) in [5.41, 5.74) is -2.53. The Morgan fingerprint density at radius 1 is 1.25 bits per heavy atom. The van der Waals surface area contributed by atoms with Crippen molar-refractivity contribution in [2.45, 2.75) is 89.1 Å². The van der Waals surface area contributed by atoms with Crippen molar-refractivity contribution in [3.8, 4) is 0 Å². The fourth-order valence-corrected chi connectivity index (χ4v) is 6.21. The highest BCUT2D eigenvalue weighted by Crippen LogP contribution is 2.59. The van der Waals surface area contributed by atoms with Gasteiger partial charge >= 0.3 is 0 Å². The molecule has 2 N–H and O–H groups in total. The van der Waals surface area contributed by atoms with Crippen LogP contribution in [0.1, 0.15) is 60.3 Å². The van der Waals surface area contributed by atoms with Gasteiger partial charge in [0.1, 0.15) is 11.6 Å². The molecule has 2 bridgehead atoms. The molecular formula is C25H37N3O4. The average molecular weight is 444 g/mol. The Labute approximate surface area is 191 Å². The number of carbonyl (C=O) groups excluding carboxylic acids is 3. The molecule has 3 amide bonds. The summed E-state index contributed by atoms with van der Waals surface area (Å²) in [6.45, 7) is 13.7. The van der Waals surface area contributed by atoms with Crippen molar-refractivity contribution in [3.63, 3.8) is 0 Å². The van der Waals surface area contributed by atoms with Crippen molar-refractivity contribution in [1.29, 1.82) is 0 Å². The van der Waals surface area contributed by atoms with E-state index in [1.165, 1.54) is 11.3 Å². The lowest BCUT2D eigenvalue weighted by molar-refractivity contribution is -0.145. The fraction of sp³-hybridized carbons (Fsp3) is 0.720. The van der Waals surface area contributed by atoms with E-state index >= 15 is 0 Å². The van der Waals surface area contributed by atoms with Gasteiger partial charge in [-0.2, -0.15) is 0 Å².